The van der Waals surface area contributed by atoms with E-state index in [4.69, 9.17) is 16.3 Å². The molecule has 0 radical (unpaired) electrons. The molecule has 1 heterocycles. The molecule has 2 rings (SSSR count). The van der Waals surface area contributed by atoms with E-state index in [1.165, 1.54) is 19.6 Å². The summed E-state index contributed by atoms with van der Waals surface area (Å²) in [6.07, 6.45) is 3.31. The third-order valence-corrected chi connectivity index (χ3v) is 3.15. The fourth-order valence-electron chi connectivity index (χ4n) is 2.17. The monoisotopic (exact) mass is 243 g/mol. The van der Waals surface area contributed by atoms with Crippen LogP contribution in [0.25, 0.3) is 0 Å². The minimum Gasteiger partial charge on any atom is -0.493 e. The van der Waals surface area contributed by atoms with Gasteiger partial charge in [-0.3, -0.25) is 0 Å². The molecule has 1 aliphatic heterocycles. The van der Waals surface area contributed by atoms with Crippen molar-refractivity contribution < 1.29 is 9.13 Å². The number of ether oxygens (including phenoxy) is 1. The summed E-state index contributed by atoms with van der Waals surface area (Å²) in [6, 6.07) is 3.22. The second kappa shape index (κ2) is 5.02. The minimum absolute atomic E-state index is 0.150. The second-order valence-electron chi connectivity index (χ2n) is 4.01. The third kappa shape index (κ3) is 2.30. The molecule has 0 spiro atoms. The van der Waals surface area contributed by atoms with Crippen molar-refractivity contribution in [2.45, 2.75) is 25.3 Å². The van der Waals surface area contributed by atoms with E-state index in [0.717, 1.165) is 24.9 Å². The molecular formula is C12H15ClFNO. The highest BCUT2D eigenvalue weighted by Crippen LogP contribution is 2.34. The predicted molar refractivity (Wildman–Crippen MR) is 62.6 cm³/mol. The second-order valence-corrected chi connectivity index (χ2v) is 4.45. The summed E-state index contributed by atoms with van der Waals surface area (Å²) >= 11 is 5.87. The molecule has 88 valence electrons. The number of nitrogens with one attached hydrogen (secondary N) is 1. The number of methoxy groups -OCH3 is 1. The average molecular weight is 244 g/mol. The van der Waals surface area contributed by atoms with Gasteiger partial charge in [-0.2, -0.15) is 0 Å². The van der Waals surface area contributed by atoms with E-state index in [-0.39, 0.29) is 6.04 Å². The van der Waals surface area contributed by atoms with Crippen molar-refractivity contribution in [3.05, 3.63) is 28.5 Å². The van der Waals surface area contributed by atoms with Crippen molar-refractivity contribution in [1.29, 1.82) is 0 Å². The van der Waals surface area contributed by atoms with Crippen LogP contribution in [-0.4, -0.2) is 13.7 Å². The van der Waals surface area contributed by atoms with Crippen LogP contribution in [-0.2, 0) is 0 Å². The van der Waals surface area contributed by atoms with Gasteiger partial charge in [0.2, 0.25) is 0 Å². The third-order valence-electron chi connectivity index (χ3n) is 2.93. The lowest BCUT2D eigenvalue weighted by Gasteiger charge is -2.25. The molecule has 0 saturated carbocycles. The van der Waals surface area contributed by atoms with E-state index in [9.17, 15) is 4.39 Å². The molecule has 1 saturated heterocycles. The number of hydrogen-bond donors (Lipinski definition) is 1. The van der Waals surface area contributed by atoms with E-state index in [1.54, 1.807) is 6.07 Å². The Hall–Kier alpha value is -0.800. The molecule has 1 aliphatic rings. The number of benzene rings is 1. The van der Waals surface area contributed by atoms with Crippen molar-refractivity contribution in [3.63, 3.8) is 0 Å². The molecule has 4 heteroatoms. The van der Waals surface area contributed by atoms with Crippen LogP contribution in [0.4, 0.5) is 4.39 Å². The highest BCUT2D eigenvalue weighted by molar-refractivity contribution is 6.30. The minimum atomic E-state index is -0.391. The summed E-state index contributed by atoms with van der Waals surface area (Å²) in [5.74, 6) is -0.0822. The highest BCUT2D eigenvalue weighted by atomic mass is 35.5. The van der Waals surface area contributed by atoms with Gasteiger partial charge < -0.3 is 10.1 Å². The maximum absolute atomic E-state index is 13.6. The van der Waals surface area contributed by atoms with Gasteiger partial charge in [-0.05, 0) is 31.5 Å². The Labute approximate surface area is 99.7 Å². The molecule has 1 atom stereocenters. The topological polar surface area (TPSA) is 21.3 Å². The Morgan fingerprint density at radius 3 is 2.88 bits per heavy atom. The summed E-state index contributed by atoms with van der Waals surface area (Å²) < 4.78 is 18.7. The lowest BCUT2D eigenvalue weighted by atomic mass is 9.96. The van der Waals surface area contributed by atoms with Crippen molar-refractivity contribution in [2.24, 2.45) is 0 Å². The first-order valence-corrected chi connectivity index (χ1v) is 5.86. The van der Waals surface area contributed by atoms with Crippen LogP contribution in [0.3, 0.4) is 0 Å². The molecule has 1 unspecified atom stereocenters. The first kappa shape index (κ1) is 11.7. The van der Waals surface area contributed by atoms with Crippen LogP contribution in [0, 0.1) is 5.82 Å². The summed E-state index contributed by atoms with van der Waals surface area (Å²) in [5.41, 5.74) is 0.826. The number of rotatable bonds is 2. The van der Waals surface area contributed by atoms with Crippen LogP contribution < -0.4 is 10.1 Å². The lowest BCUT2D eigenvalue weighted by molar-refractivity contribution is 0.356. The van der Waals surface area contributed by atoms with E-state index >= 15 is 0 Å². The van der Waals surface area contributed by atoms with Gasteiger partial charge in [0.15, 0.2) is 11.6 Å². The van der Waals surface area contributed by atoms with Gasteiger partial charge in [-0.25, -0.2) is 4.39 Å². The molecule has 1 aromatic carbocycles. The first-order valence-electron chi connectivity index (χ1n) is 5.48. The van der Waals surface area contributed by atoms with Crippen LogP contribution in [0.15, 0.2) is 12.1 Å². The molecule has 1 aromatic rings. The normalized spacial score (nSPS) is 20.8. The van der Waals surface area contributed by atoms with Crippen LogP contribution in [0.1, 0.15) is 30.9 Å². The highest BCUT2D eigenvalue weighted by Gasteiger charge is 2.21. The molecule has 1 N–H and O–H groups in total. The van der Waals surface area contributed by atoms with Crippen molar-refractivity contribution >= 4 is 11.6 Å². The van der Waals surface area contributed by atoms with Crippen molar-refractivity contribution in [3.8, 4) is 5.75 Å². The van der Waals surface area contributed by atoms with Gasteiger partial charge in [0, 0.05) is 16.6 Å². The van der Waals surface area contributed by atoms with Gasteiger partial charge in [0.25, 0.3) is 0 Å². The van der Waals surface area contributed by atoms with Gasteiger partial charge in [0.05, 0.1) is 7.11 Å². The lowest BCUT2D eigenvalue weighted by Crippen LogP contribution is -2.27. The number of hydrogen-bond acceptors (Lipinski definition) is 2. The van der Waals surface area contributed by atoms with Crippen LogP contribution >= 0.6 is 11.6 Å². The smallest absolute Gasteiger partial charge is 0.166 e. The first-order chi connectivity index (χ1) is 7.72. The Morgan fingerprint density at radius 1 is 1.44 bits per heavy atom. The fraction of sp³-hybridized carbons (Fsp3) is 0.500. The molecule has 0 aromatic heterocycles. The maximum atomic E-state index is 13.6. The molecule has 0 amide bonds. The van der Waals surface area contributed by atoms with E-state index in [2.05, 4.69) is 5.32 Å². The van der Waals surface area contributed by atoms with Crippen LogP contribution in [0.2, 0.25) is 5.02 Å². The summed E-state index contributed by atoms with van der Waals surface area (Å²) in [5, 5.41) is 3.78. The SMILES string of the molecule is COc1c(F)cc(Cl)cc1C1CCCCN1. The van der Waals surface area contributed by atoms with Gasteiger partial charge >= 0.3 is 0 Å². The molecule has 0 aliphatic carbocycles. The van der Waals surface area contributed by atoms with E-state index in [1.807, 2.05) is 0 Å². The summed E-state index contributed by atoms with van der Waals surface area (Å²) in [7, 11) is 1.48. The molecule has 16 heavy (non-hydrogen) atoms. The predicted octanol–water partition coefficient (Wildman–Crippen LogP) is 3.30. The summed E-state index contributed by atoms with van der Waals surface area (Å²) in [4.78, 5) is 0. The Balaban J connectivity index is 2.36. The van der Waals surface area contributed by atoms with Crippen molar-refractivity contribution in [2.75, 3.05) is 13.7 Å². The zero-order valence-electron chi connectivity index (χ0n) is 9.22. The molecule has 2 nitrogen and oxygen atoms in total. The Morgan fingerprint density at radius 2 is 2.25 bits per heavy atom. The van der Waals surface area contributed by atoms with Crippen molar-refractivity contribution in [1.82, 2.24) is 5.32 Å². The number of piperidine rings is 1. The van der Waals surface area contributed by atoms with E-state index in [0.29, 0.717) is 10.8 Å². The van der Waals surface area contributed by atoms with Gasteiger partial charge in [-0.1, -0.05) is 18.0 Å². The fourth-order valence-corrected chi connectivity index (χ4v) is 2.39. The average Bonchev–Trinajstić information content (AvgIpc) is 2.29. The Kier molecular flexibility index (Phi) is 3.66. The number of halogens is 2. The maximum Gasteiger partial charge on any atom is 0.166 e. The standard InChI is InChI=1S/C12H15ClFNO/c1-16-12-9(6-8(13)7-10(12)14)11-4-2-3-5-15-11/h6-7,11,15H,2-5H2,1H3. The molecular weight excluding hydrogens is 229 g/mol. The van der Waals surface area contributed by atoms with E-state index < -0.39 is 5.82 Å². The largest absolute Gasteiger partial charge is 0.493 e. The van der Waals surface area contributed by atoms with Gasteiger partial charge in [0.1, 0.15) is 0 Å². The zero-order chi connectivity index (χ0) is 11.5. The Bertz CT molecular complexity index is 378. The van der Waals surface area contributed by atoms with Gasteiger partial charge in [-0.15, -0.1) is 0 Å². The van der Waals surface area contributed by atoms with Crippen LogP contribution in [0.5, 0.6) is 5.75 Å². The zero-order valence-corrected chi connectivity index (χ0v) is 9.98. The quantitative estimate of drug-likeness (QED) is 0.861. The molecule has 0 bridgehead atoms. The summed E-state index contributed by atoms with van der Waals surface area (Å²) in [6.45, 7) is 0.960. The molecule has 1 fully saturated rings.